The van der Waals surface area contributed by atoms with Gasteiger partial charge < -0.3 is 5.11 Å². The molecule has 0 bridgehead atoms. The second-order valence-corrected chi connectivity index (χ2v) is 6.46. The molecule has 118 valence electrons. The minimum absolute atomic E-state index is 0.384. The molecule has 2 atom stereocenters. The number of aliphatic hydroxyl groups excluding tert-OH is 1. The highest BCUT2D eigenvalue weighted by Crippen LogP contribution is 2.33. The van der Waals surface area contributed by atoms with E-state index in [4.69, 9.17) is 0 Å². The molecule has 4 heteroatoms. The van der Waals surface area contributed by atoms with Crippen LogP contribution in [0, 0.1) is 13.8 Å². The van der Waals surface area contributed by atoms with Gasteiger partial charge in [0.15, 0.2) is 0 Å². The minimum atomic E-state index is -0.434. The zero-order valence-corrected chi connectivity index (χ0v) is 13.7. The molecule has 22 heavy (non-hydrogen) atoms. The second-order valence-electron chi connectivity index (χ2n) is 6.46. The predicted molar refractivity (Wildman–Crippen MR) is 87.6 cm³/mol. The third-order valence-electron chi connectivity index (χ3n) is 4.80. The van der Waals surface area contributed by atoms with Crippen molar-refractivity contribution in [3.05, 3.63) is 52.8 Å². The zero-order valence-electron chi connectivity index (χ0n) is 13.7. The molecule has 0 unspecified atom stereocenters. The number of aliphatic hydroxyl groups is 1. The van der Waals surface area contributed by atoms with Crippen molar-refractivity contribution in [3.8, 4) is 0 Å². The lowest BCUT2D eigenvalue weighted by Crippen LogP contribution is -2.28. The monoisotopic (exact) mass is 299 g/mol. The fraction of sp³-hybridized carbons (Fsp3) is 0.500. The maximum atomic E-state index is 10.6. The highest BCUT2D eigenvalue weighted by molar-refractivity contribution is 5.31. The normalized spacial score (nSPS) is 20.5. The first-order valence-electron chi connectivity index (χ1n) is 8.02. The molecule has 1 aromatic heterocycles. The van der Waals surface area contributed by atoms with Crippen molar-refractivity contribution in [2.45, 2.75) is 38.8 Å². The first kappa shape index (κ1) is 15.3. The number of nitrogens with zero attached hydrogens (tertiary/aromatic N) is 3. The number of hydrogen-bond donors (Lipinski definition) is 1. The Labute approximate surface area is 132 Å². The van der Waals surface area contributed by atoms with E-state index in [-0.39, 0.29) is 0 Å². The molecule has 3 rings (SSSR count). The number of likely N-dealkylation sites (tertiary alicyclic amines) is 1. The lowest BCUT2D eigenvalue weighted by Gasteiger charge is -2.26. The van der Waals surface area contributed by atoms with Gasteiger partial charge in [-0.25, -0.2) is 0 Å². The first-order valence-corrected chi connectivity index (χ1v) is 8.02. The van der Waals surface area contributed by atoms with Crippen molar-refractivity contribution in [3.63, 3.8) is 0 Å². The molecular formula is C18H25N3O. The highest BCUT2D eigenvalue weighted by atomic mass is 16.3. The Morgan fingerprint density at radius 2 is 2.14 bits per heavy atom. The molecule has 1 aliphatic rings. The average molecular weight is 299 g/mol. The second kappa shape index (κ2) is 6.23. The van der Waals surface area contributed by atoms with Gasteiger partial charge in [0.25, 0.3) is 0 Å². The van der Waals surface area contributed by atoms with Crippen molar-refractivity contribution < 1.29 is 5.11 Å². The molecule has 1 aliphatic heterocycles. The third-order valence-corrected chi connectivity index (χ3v) is 4.80. The third kappa shape index (κ3) is 3.08. The maximum Gasteiger partial charge on any atom is 0.0917 e. The number of rotatable bonds is 4. The summed E-state index contributed by atoms with van der Waals surface area (Å²) in [7, 11) is 1.95. The van der Waals surface area contributed by atoms with Gasteiger partial charge in [-0.3, -0.25) is 9.58 Å². The van der Waals surface area contributed by atoms with Crippen molar-refractivity contribution in [2.24, 2.45) is 7.05 Å². The molecule has 4 nitrogen and oxygen atoms in total. The quantitative estimate of drug-likeness (QED) is 0.944. The van der Waals surface area contributed by atoms with Gasteiger partial charge in [-0.05, 0) is 49.9 Å². The lowest BCUT2D eigenvalue weighted by atomic mass is 10.0. The molecular weight excluding hydrogens is 274 g/mol. The maximum absolute atomic E-state index is 10.6. The zero-order chi connectivity index (χ0) is 15.7. The number of hydrogen-bond acceptors (Lipinski definition) is 3. The van der Waals surface area contributed by atoms with Gasteiger partial charge in [0.1, 0.15) is 0 Å². The summed E-state index contributed by atoms with van der Waals surface area (Å²) < 4.78 is 1.85. The van der Waals surface area contributed by atoms with Crippen LogP contribution in [0.4, 0.5) is 0 Å². The van der Waals surface area contributed by atoms with Crippen LogP contribution in [0.1, 0.15) is 47.2 Å². The van der Waals surface area contributed by atoms with Gasteiger partial charge in [0.05, 0.1) is 12.3 Å². The molecule has 0 radical (unpaired) electrons. The Hall–Kier alpha value is -1.65. The van der Waals surface area contributed by atoms with Gasteiger partial charge in [-0.2, -0.15) is 5.10 Å². The summed E-state index contributed by atoms with van der Waals surface area (Å²) in [6.07, 6.45) is 5.93. The Morgan fingerprint density at radius 3 is 2.82 bits per heavy atom. The number of benzene rings is 1. The molecule has 2 aromatic rings. The van der Waals surface area contributed by atoms with Crippen LogP contribution in [0.2, 0.25) is 0 Å². The molecule has 1 saturated heterocycles. The number of aromatic nitrogens is 2. The molecule has 1 N–H and O–H groups in total. The predicted octanol–water partition coefficient (Wildman–Crippen LogP) is 2.91. The molecule has 0 amide bonds. The molecule has 0 spiro atoms. The smallest absolute Gasteiger partial charge is 0.0917 e. The fourth-order valence-electron chi connectivity index (χ4n) is 3.33. The number of β-amino-alcohol motifs (C(OH)–C–C–N with tert-alkyl or cyclic N) is 1. The van der Waals surface area contributed by atoms with E-state index >= 15 is 0 Å². The van der Waals surface area contributed by atoms with Crippen molar-refractivity contribution >= 4 is 0 Å². The molecule has 0 aliphatic carbocycles. The summed E-state index contributed by atoms with van der Waals surface area (Å²) in [6, 6.07) is 6.63. The van der Waals surface area contributed by atoms with E-state index in [1.54, 1.807) is 0 Å². The lowest BCUT2D eigenvalue weighted by molar-refractivity contribution is 0.106. The Bertz CT molecular complexity index is 650. The molecule has 2 heterocycles. The average Bonchev–Trinajstić information content (AvgIpc) is 3.10. The van der Waals surface area contributed by atoms with Gasteiger partial charge in [-0.1, -0.05) is 18.2 Å². The highest BCUT2D eigenvalue weighted by Gasteiger charge is 2.28. The van der Waals surface area contributed by atoms with Gasteiger partial charge in [0.2, 0.25) is 0 Å². The van der Waals surface area contributed by atoms with Crippen molar-refractivity contribution in [2.75, 3.05) is 13.1 Å². The molecule has 0 saturated carbocycles. The van der Waals surface area contributed by atoms with Crippen molar-refractivity contribution in [1.82, 2.24) is 14.7 Å². The fourth-order valence-corrected chi connectivity index (χ4v) is 3.33. The van der Waals surface area contributed by atoms with E-state index in [2.05, 4.69) is 42.2 Å². The van der Waals surface area contributed by atoms with Crippen LogP contribution in [0.15, 0.2) is 30.6 Å². The van der Waals surface area contributed by atoms with Gasteiger partial charge >= 0.3 is 0 Å². The van der Waals surface area contributed by atoms with E-state index in [1.165, 1.54) is 23.1 Å². The van der Waals surface area contributed by atoms with Crippen LogP contribution in [0.3, 0.4) is 0 Å². The standard InChI is InChI=1S/C18H25N3O/c1-13-6-7-15(9-14(13)2)18(22)12-21-8-4-5-17(21)16-10-19-20(3)11-16/h6-7,9-11,17-18,22H,4-5,8,12H2,1-3H3/t17-,18+/m0/s1. The minimum Gasteiger partial charge on any atom is -0.387 e. The van der Waals surface area contributed by atoms with Crippen LogP contribution in [0.5, 0.6) is 0 Å². The van der Waals surface area contributed by atoms with E-state index in [0.717, 1.165) is 18.5 Å². The van der Waals surface area contributed by atoms with E-state index in [0.29, 0.717) is 12.6 Å². The largest absolute Gasteiger partial charge is 0.387 e. The van der Waals surface area contributed by atoms with E-state index in [9.17, 15) is 5.11 Å². The van der Waals surface area contributed by atoms with Crippen LogP contribution in [-0.4, -0.2) is 32.9 Å². The van der Waals surface area contributed by atoms with Crippen LogP contribution in [-0.2, 0) is 7.05 Å². The van der Waals surface area contributed by atoms with Crippen LogP contribution >= 0.6 is 0 Å². The van der Waals surface area contributed by atoms with E-state index in [1.807, 2.05) is 24.0 Å². The summed E-state index contributed by atoms with van der Waals surface area (Å²) in [6.45, 7) is 5.92. The SMILES string of the molecule is Cc1ccc([C@H](O)CN2CCC[C@H]2c2cnn(C)c2)cc1C. The Balaban J connectivity index is 1.72. The first-order chi connectivity index (χ1) is 10.5. The van der Waals surface area contributed by atoms with Gasteiger partial charge in [0, 0.05) is 31.4 Å². The summed E-state index contributed by atoms with van der Waals surface area (Å²) >= 11 is 0. The Kier molecular flexibility index (Phi) is 4.32. The summed E-state index contributed by atoms with van der Waals surface area (Å²) in [4.78, 5) is 2.39. The molecule has 1 aromatic carbocycles. The summed E-state index contributed by atoms with van der Waals surface area (Å²) in [5.74, 6) is 0. The molecule has 1 fully saturated rings. The number of aryl methyl sites for hydroxylation is 3. The van der Waals surface area contributed by atoms with Crippen LogP contribution in [0.25, 0.3) is 0 Å². The topological polar surface area (TPSA) is 41.3 Å². The van der Waals surface area contributed by atoms with Crippen LogP contribution < -0.4 is 0 Å². The summed E-state index contributed by atoms with van der Waals surface area (Å²) in [5, 5.41) is 14.9. The summed E-state index contributed by atoms with van der Waals surface area (Å²) in [5.41, 5.74) is 4.78. The van der Waals surface area contributed by atoms with Crippen molar-refractivity contribution in [1.29, 1.82) is 0 Å². The Morgan fingerprint density at radius 1 is 1.32 bits per heavy atom. The van der Waals surface area contributed by atoms with E-state index < -0.39 is 6.10 Å². The van der Waals surface area contributed by atoms with Gasteiger partial charge in [-0.15, -0.1) is 0 Å².